The molecule has 4 heterocycles. The number of aliphatic hydroxyl groups excluding tert-OH is 1. The maximum absolute atomic E-state index is 13.0. The summed E-state index contributed by atoms with van der Waals surface area (Å²) in [5.41, 5.74) is 2.56. The molecule has 4 aromatic heterocycles. The van der Waals surface area contributed by atoms with Crippen LogP contribution >= 0.6 is 0 Å². The van der Waals surface area contributed by atoms with E-state index < -0.39 is 0 Å². The SMILES string of the molecule is Cc1ccc(-c2cc3c(=O)n([C@@H](C)CO)cnc3c(-n3ccnc3)n2)cn1. The highest BCUT2D eigenvalue weighted by atomic mass is 16.3. The Morgan fingerprint density at radius 3 is 2.74 bits per heavy atom. The van der Waals surface area contributed by atoms with E-state index in [0.717, 1.165) is 11.3 Å². The third-order valence-corrected chi connectivity index (χ3v) is 4.45. The normalized spacial score (nSPS) is 12.4. The van der Waals surface area contributed by atoms with E-state index in [0.29, 0.717) is 22.4 Å². The van der Waals surface area contributed by atoms with Crippen LogP contribution in [0.2, 0.25) is 0 Å². The molecule has 0 fully saturated rings. The van der Waals surface area contributed by atoms with Crippen LogP contribution in [0.5, 0.6) is 0 Å². The van der Waals surface area contributed by atoms with Crippen LogP contribution in [0.1, 0.15) is 18.7 Å². The van der Waals surface area contributed by atoms with E-state index in [4.69, 9.17) is 4.98 Å². The van der Waals surface area contributed by atoms with Gasteiger partial charge in [0.1, 0.15) is 11.8 Å². The molecular weight excluding hydrogens is 344 g/mol. The molecule has 0 amide bonds. The van der Waals surface area contributed by atoms with Crippen LogP contribution in [-0.4, -0.2) is 40.8 Å². The van der Waals surface area contributed by atoms with Crippen molar-refractivity contribution >= 4 is 10.9 Å². The first-order valence-electron chi connectivity index (χ1n) is 8.52. The van der Waals surface area contributed by atoms with Gasteiger partial charge in [-0.2, -0.15) is 0 Å². The molecule has 8 heteroatoms. The Morgan fingerprint density at radius 2 is 2.07 bits per heavy atom. The number of aryl methyl sites for hydroxylation is 1. The van der Waals surface area contributed by atoms with Crippen LogP contribution < -0.4 is 5.56 Å². The second-order valence-electron chi connectivity index (χ2n) is 6.37. The quantitative estimate of drug-likeness (QED) is 0.595. The minimum atomic E-state index is -0.372. The molecule has 0 saturated carbocycles. The third-order valence-electron chi connectivity index (χ3n) is 4.45. The van der Waals surface area contributed by atoms with Crippen LogP contribution in [-0.2, 0) is 0 Å². The zero-order valence-corrected chi connectivity index (χ0v) is 14.9. The summed E-state index contributed by atoms with van der Waals surface area (Å²) in [6.07, 6.45) is 8.18. The van der Waals surface area contributed by atoms with Gasteiger partial charge in [-0.15, -0.1) is 0 Å². The molecule has 0 aliphatic rings. The van der Waals surface area contributed by atoms with Gasteiger partial charge in [0, 0.05) is 29.8 Å². The molecule has 0 aromatic carbocycles. The van der Waals surface area contributed by atoms with Crippen LogP contribution in [0.25, 0.3) is 28.0 Å². The summed E-state index contributed by atoms with van der Waals surface area (Å²) in [4.78, 5) is 30.6. The lowest BCUT2D eigenvalue weighted by Crippen LogP contribution is -2.26. The molecule has 0 aliphatic carbocycles. The second-order valence-corrected chi connectivity index (χ2v) is 6.37. The number of hydrogen-bond donors (Lipinski definition) is 1. The Hall–Kier alpha value is -3.39. The van der Waals surface area contributed by atoms with Crippen molar-refractivity contribution < 1.29 is 5.11 Å². The Kier molecular flexibility index (Phi) is 4.25. The van der Waals surface area contributed by atoms with Gasteiger partial charge < -0.3 is 5.11 Å². The van der Waals surface area contributed by atoms with Crippen LogP contribution in [0.15, 0.2) is 54.2 Å². The fourth-order valence-corrected chi connectivity index (χ4v) is 2.86. The van der Waals surface area contributed by atoms with Crippen molar-refractivity contribution in [2.45, 2.75) is 19.9 Å². The standard InChI is InChI=1S/C19H18N6O2/c1-12-3-4-14(8-21-12)16-7-15-17(18(23-16)24-6-5-20-10-24)22-11-25(19(15)27)13(2)9-26/h3-8,10-11,13,26H,9H2,1-2H3/t13-/m0/s1. The average molecular weight is 362 g/mol. The van der Waals surface area contributed by atoms with E-state index in [1.807, 2.05) is 19.1 Å². The molecule has 0 aliphatic heterocycles. The summed E-state index contributed by atoms with van der Waals surface area (Å²) in [7, 11) is 0. The summed E-state index contributed by atoms with van der Waals surface area (Å²) in [6, 6.07) is 5.16. The van der Waals surface area contributed by atoms with Crippen LogP contribution in [0, 0.1) is 6.92 Å². The number of hydrogen-bond acceptors (Lipinski definition) is 6. The van der Waals surface area contributed by atoms with Crippen molar-refractivity contribution in [2.24, 2.45) is 0 Å². The first-order chi connectivity index (χ1) is 13.1. The van der Waals surface area contributed by atoms with Gasteiger partial charge in [0.25, 0.3) is 5.56 Å². The van der Waals surface area contributed by atoms with Gasteiger partial charge in [0.2, 0.25) is 0 Å². The summed E-state index contributed by atoms with van der Waals surface area (Å²) in [5.74, 6) is 0.515. The van der Waals surface area contributed by atoms with Crippen molar-refractivity contribution in [3.05, 3.63) is 65.5 Å². The molecule has 27 heavy (non-hydrogen) atoms. The molecule has 136 valence electrons. The smallest absolute Gasteiger partial charge is 0.261 e. The molecular formula is C19H18N6O2. The number of imidazole rings is 1. The van der Waals surface area contributed by atoms with Crippen molar-refractivity contribution in [1.29, 1.82) is 0 Å². The van der Waals surface area contributed by atoms with Gasteiger partial charge in [0.15, 0.2) is 5.82 Å². The minimum absolute atomic E-state index is 0.151. The van der Waals surface area contributed by atoms with Gasteiger partial charge in [0.05, 0.1) is 30.1 Å². The minimum Gasteiger partial charge on any atom is -0.394 e. The molecule has 0 spiro atoms. The number of nitrogens with zero attached hydrogens (tertiary/aromatic N) is 6. The van der Waals surface area contributed by atoms with E-state index in [1.165, 1.54) is 10.9 Å². The Balaban J connectivity index is 2.04. The average Bonchev–Trinajstić information content (AvgIpc) is 3.22. The largest absolute Gasteiger partial charge is 0.394 e. The molecule has 0 bridgehead atoms. The zero-order valence-electron chi connectivity index (χ0n) is 14.9. The van der Waals surface area contributed by atoms with Crippen LogP contribution in [0.3, 0.4) is 0 Å². The number of fused-ring (bicyclic) bond motifs is 1. The van der Waals surface area contributed by atoms with Gasteiger partial charge in [-0.3, -0.25) is 18.9 Å². The third kappa shape index (κ3) is 3.00. The lowest BCUT2D eigenvalue weighted by atomic mass is 10.1. The van der Waals surface area contributed by atoms with Crippen molar-refractivity contribution in [2.75, 3.05) is 6.61 Å². The monoisotopic (exact) mass is 362 g/mol. The van der Waals surface area contributed by atoms with E-state index >= 15 is 0 Å². The maximum atomic E-state index is 13.0. The molecule has 1 atom stereocenters. The van der Waals surface area contributed by atoms with E-state index in [1.54, 1.807) is 42.5 Å². The highest BCUT2D eigenvalue weighted by Gasteiger charge is 2.16. The van der Waals surface area contributed by atoms with Gasteiger partial charge in [-0.25, -0.2) is 15.0 Å². The number of rotatable bonds is 4. The van der Waals surface area contributed by atoms with E-state index in [2.05, 4.69) is 15.0 Å². The Labute approximate surface area is 154 Å². The van der Waals surface area contributed by atoms with Gasteiger partial charge in [-0.1, -0.05) is 0 Å². The first kappa shape index (κ1) is 17.0. The fourth-order valence-electron chi connectivity index (χ4n) is 2.86. The van der Waals surface area contributed by atoms with E-state index in [-0.39, 0.29) is 18.2 Å². The molecule has 8 nitrogen and oxygen atoms in total. The maximum Gasteiger partial charge on any atom is 0.261 e. The lowest BCUT2D eigenvalue weighted by molar-refractivity contribution is 0.236. The van der Waals surface area contributed by atoms with Crippen LogP contribution in [0.4, 0.5) is 0 Å². The molecule has 4 rings (SSSR count). The topological polar surface area (TPSA) is 98.7 Å². The summed E-state index contributed by atoms with van der Waals surface area (Å²) >= 11 is 0. The number of pyridine rings is 2. The zero-order chi connectivity index (χ0) is 19.0. The fraction of sp³-hybridized carbons (Fsp3) is 0.211. The predicted octanol–water partition coefficient (Wildman–Crippen LogP) is 1.90. The van der Waals surface area contributed by atoms with Crippen molar-refractivity contribution in [3.63, 3.8) is 0 Å². The summed E-state index contributed by atoms with van der Waals surface area (Å²) < 4.78 is 3.15. The molecule has 0 saturated heterocycles. The summed E-state index contributed by atoms with van der Waals surface area (Å²) in [5, 5.41) is 9.85. The van der Waals surface area contributed by atoms with Gasteiger partial charge in [-0.05, 0) is 32.0 Å². The predicted molar refractivity (Wildman–Crippen MR) is 101 cm³/mol. The molecule has 0 radical (unpaired) electrons. The Morgan fingerprint density at radius 1 is 1.22 bits per heavy atom. The lowest BCUT2D eigenvalue weighted by Gasteiger charge is -2.14. The second kappa shape index (κ2) is 6.73. The highest BCUT2D eigenvalue weighted by Crippen LogP contribution is 2.24. The first-order valence-corrected chi connectivity index (χ1v) is 8.52. The van der Waals surface area contributed by atoms with Crippen molar-refractivity contribution in [3.8, 4) is 17.1 Å². The van der Waals surface area contributed by atoms with Crippen molar-refractivity contribution in [1.82, 2.24) is 29.1 Å². The molecule has 4 aromatic rings. The van der Waals surface area contributed by atoms with E-state index in [9.17, 15) is 9.90 Å². The van der Waals surface area contributed by atoms with Gasteiger partial charge >= 0.3 is 0 Å². The Bertz CT molecular complexity index is 1150. The number of aliphatic hydroxyl groups is 1. The highest BCUT2D eigenvalue weighted by molar-refractivity contribution is 5.87. The molecule has 0 unspecified atom stereocenters. The summed E-state index contributed by atoms with van der Waals surface area (Å²) in [6.45, 7) is 3.52. The number of aromatic nitrogens is 6. The molecule has 1 N–H and O–H groups in total.